The van der Waals surface area contributed by atoms with Gasteiger partial charge in [-0.1, -0.05) is 179 Å². The molecule has 0 bridgehead atoms. The third-order valence-electron chi connectivity index (χ3n) is 8.98. The summed E-state index contributed by atoms with van der Waals surface area (Å²) in [6.45, 7) is 4.14. The lowest BCUT2D eigenvalue weighted by atomic mass is 10.0. The Hall–Kier alpha value is -1.17. The number of allylic oxidation sites excluding steroid dienone is 3. The van der Waals surface area contributed by atoms with Gasteiger partial charge in [0.15, 0.2) is 0 Å². The zero-order chi connectivity index (χ0) is 33.1. The minimum absolute atomic E-state index is 0.00132. The summed E-state index contributed by atoms with van der Waals surface area (Å²) in [6, 6.07) is -0.746. The molecule has 0 saturated carbocycles. The molecule has 3 atom stereocenters. The van der Waals surface area contributed by atoms with Gasteiger partial charge >= 0.3 is 0 Å². The highest BCUT2D eigenvalue weighted by atomic mass is 16.3. The number of hydrogen-bond acceptors (Lipinski definition) is 4. The van der Waals surface area contributed by atoms with Crippen molar-refractivity contribution in [2.24, 2.45) is 0 Å². The second-order valence-electron chi connectivity index (χ2n) is 13.5. The molecule has 0 aromatic heterocycles. The summed E-state index contributed by atoms with van der Waals surface area (Å²) in [6.07, 6.45) is 41.9. The van der Waals surface area contributed by atoms with Gasteiger partial charge in [-0.05, 0) is 38.5 Å². The van der Waals surface area contributed by atoms with E-state index in [0.717, 1.165) is 38.5 Å². The van der Waals surface area contributed by atoms with Crippen LogP contribution < -0.4 is 5.32 Å². The minimum Gasteiger partial charge on any atom is -0.394 e. The molecule has 0 saturated heterocycles. The van der Waals surface area contributed by atoms with Crippen LogP contribution in [0.5, 0.6) is 0 Å². The van der Waals surface area contributed by atoms with E-state index < -0.39 is 18.2 Å². The highest BCUT2D eigenvalue weighted by Gasteiger charge is 2.20. The summed E-state index contributed by atoms with van der Waals surface area (Å²) in [7, 11) is 0. The van der Waals surface area contributed by atoms with Crippen molar-refractivity contribution in [1.29, 1.82) is 0 Å². The highest BCUT2D eigenvalue weighted by Crippen LogP contribution is 2.15. The largest absolute Gasteiger partial charge is 0.394 e. The van der Waals surface area contributed by atoms with E-state index in [1.165, 1.54) is 135 Å². The fourth-order valence-electron chi connectivity index (χ4n) is 5.91. The van der Waals surface area contributed by atoms with E-state index in [9.17, 15) is 20.1 Å². The Labute approximate surface area is 280 Å². The molecular weight excluding hydrogens is 558 g/mol. The van der Waals surface area contributed by atoms with Crippen molar-refractivity contribution in [2.45, 2.75) is 218 Å². The van der Waals surface area contributed by atoms with Gasteiger partial charge in [0.1, 0.15) is 0 Å². The van der Waals surface area contributed by atoms with Crippen LogP contribution in [0.1, 0.15) is 200 Å². The summed E-state index contributed by atoms with van der Waals surface area (Å²) >= 11 is 0. The average Bonchev–Trinajstić information content (AvgIpc) is 3.03. The molecule has 0 radical (unpaired) electrons. The van der Waals surface area contributed by atoms with Crippen molar-refractivity contribution < 1.29 is 20.1 Å². The van der Waals surface area contributed by atoms with Gasteiger partial charge in [0.2, 0.25) is 5.91 Å². The third-order valence-corrected chi connectivity index (χ3v) is 8.98. The Bertz CT molecular complexity index is 665. The number of hydrogen-bond donors (Lipinski definition) is 4. The first-order valence-electron chi connectivity index (χ1n) is 19.6. The van der Waals surface area contributed by atoms with Crippen LogP contribution in [0.4, 0.5) is 0 Å². The SMILES string of the molecule is CCCC/C=C\CCCCC(O)CC(=O)NC(CO)C(O)/C=C/CCCCCCCCCCCCCCCCCCCCCC. The number of aliphatic hydroxyl groups is 3. The lowest BCUT2D eigenvalue weighted by molar-refractivity contribution is -0.124. The standard InChI is InChI=1S/C40H77NO4/c1-3-5-7-9-11-13-14-15-16-17-18-19-20-21-22-23-24-25-26-28-30-32-34-39(44)38(36-42)41-40(45)35-37(43)33-31-29-27-12-10-8-6-4-2/h10,12,32,34,37-39,42-44H,3-9,11,13-31,33,35-36H2,1-2H3,(H,41,45)/b12-10-,34-32+. The zero-order valence-corrected chi connectivity index (χ0v) is 30.0. The highest BCUT2D eigenvalue weighted by molar-refractivity contribution is 5.76. The van der Waals surface area contributed by atoms with Gasteiger partial charge in [-0.25, -0.2) is 0 Å². The average molecular weight is 636 g/mol. The molecule has 0 aromatic rings. The summed E-state index contributed by atoms with van der Waals surface area (Å²) < 4.78 is 0. The molecule has 0 aliphatic heterocycles. The molecule has 266 valence electrons. The molecule has 5 nitrogen and oxygen atoms in total. The maximum Gasteiger partial charge on any atom is 0.222 e. The molecule has 4 N–H and O–H groups in total. The number of unbranched alkanes of at least 4 members (excludes halogenated alkanes) is 24. The molecule has 0 rings (SSSR count). The molecule has 0 fully saturated rings. The summed E-state index contributed by atoms with van der Waals surface area (Å²) in [5, 5.41) is 32.9. The molecule has 1 amide bonds. The number of nitrogens with one attached hydrogen (secondary N) is 1. The smallest absolute Gasteiger partial charge is 0.222 e. The van der Waals surface area contributed by atoms with E-state index in [-0.39, 0.29) is 18.9 Å². The maximum absolute atomic E-state index is 12.3. The number of amides is 1. The summed E-state index contributed by atoms with van der Waals surface area (Å²) in [5.74, 6) is -0.331. The van der Waals surface area contributed by atoms with E-state index in [4.69, 9.17) is 0 Å². The maximum atomic E-state index is 12.3. The quantitative estimate of drug-likeness (QED) is 0.0412. The van der Waals surface area contributed by atoms with Crippen LogP contribution >= 0.6 is 0 Å². The van der Waals surface area contributed by atoms with Crippen molar-refractivity contribution in [2.75, 3.05) is 6.61 Å². The number of carbonyl (C=O) groups excluding carboxylic acids is 1. The van der Waals surface area contributed by atoms with Crippen molar-refractivity contribution in [1.82, 2.24) is 5.32 Å². The second kappa shape index (κ2) is 35.7. The topological polar surface area (TPSA) is 89.8 Å². The molecule has 0 aliphatic carbocycles. The van der Waals surface area contributed by atoms with Crippen molar-refractivity contribution in [3.63, 3.8) is 0 Å². The first kappa shape index (κ1) is 43.8. The van der Waals surface area contributed by atoms with E-state index in [1.54, 1.807) is 6.08 Å². The van der Waals surface area contributed by atoms with E-state index in [0.29, 0.717) is 6.42 Å². The monoisotopic (exact) mass is 636 g/mol. The van der Waals surface area contributed by atoms with E-state index in [2.05, 4.69) is 31.3 Å². The van der Waals surface area contributed by atoms with Crippen LogP contribution in [0, 0.1) is 0 Å². The van der Waals surface area contributed by atoms with E-state index in [1.807, 2.05) is 6.08 Å². The van der Waals surface area contributed by atoms with Crippen molar-refractivity contribution >= 4 is 5.91 Å². The van der Waals surface area contributed by atoms with Crippen LogP contribution in [0.3, 0.4) is 0 Å². The van der Waals surface area contributed by atoms with Crippen LogP contribution in [0.2, 0.25) is 0 Å². The second-order valence-corrected chi connectivity index (χ2v) is 13.5. The molecule has 0 heterocycles. The van der Waals surface area contributed by atoms with Crippen molar-refractivity contribution in [3.8, 4) is 0 Å². The van der Waals surface area contributed by atoms with Gasteiger partial charge in [0, 0.05) is 0 Å². The molecule has 0 aliphatic rings. The van der Waals surface area contributed by atoms with Gasteiger partial charge in [-0.15, -0.1) is 0 Å². The first-order valence-corrected chi connectivity index (χ1v) is 19.6. The van der Waals surface area contributed by atoms with Gasteiger partial charge < -0.3 is 20.6 Å². The fraction of sp³-hybridized carbons (Fsp3) is 0.875. The normalized spacial score (nSPS) is 14.0. The molecule has 5 heteroatoms. The summed E-state index contributed by atoms with van der Waals surface area (Å²) in [5.41, 5.74) is 0. The molecule has 3 unspecified atom stereocenters. The van der Waals surface area contributed by atoms with Crippen LogP contribution in [-0.4, -0.2) is 46.1 Å². The fourth-order valence-corrected chi connectivity index (χ4v) is 5.91. The van der Waals surface area contributed by atoms with Crippen LogP contribution in [0.25, 0.3) is 0 Å². The lowest BCUT2D eigenvalue weighted by Gasteiger charge is -2.21. The Morgan fingerprint density at radius 1 is 0.556 bits per heavy atom. The Balaban J connectivity index is 3.63. The molecular formula is C40H77NO4. The lowest BCUT2D eigenvalue weighted by Crippen LogP contribution is -2.45. The number of carbonyl (C=O) groups is 1. The predicted octanol–water partition coefficient (Wildman–Crippen LogP) is 10.7. The van der Waals surface area contributed by atoms with Crippen molar-refractivity contribution in [3.05, 3.63) is 24.3 Å². The number of aliphatic hydroxyl groups excluding tert-OH is 3. The molecule has 45 heavy (non-hydrogen) atoms. The Kier molecular flexibility index (Phi) is 34.8. The van der Waals surface area contributed by atoms with Gasteiger partial charge in [0.25, 0.3) is 0 Å². The zero-order valence-electron chi connectivity index (χ0n) is 30.0. The van der Waals surface area contributed by atoms with Crippen LogP contribution in [-0.2, 0) is 4.79 Å². The Morgan fingerprint density at radius 2 is 0.956 bits per heavy atom. The Morgan fingerprint density at radius 3 is 1.42 bits per heavy atom. The predicted molar refractivity (Wildman–Crippen MR) is 195 cm³/mol. The first-order chi connectivity index (χ1) is 22.0. The molecule has 0 aromatic carbocycles. The summed E-state index contributed by atoms with van der Waals surface area (Å²) in [4.78, 5) is 12.3. The van der Waals surface area contributed by atoms with Gasteiger partial charge in [0.05, 0.1) is 31.3 Å². The van der Waals surface area contributed by atoms with Gasteiger partial charge in [-0.2, -0.15) is 0 Å². The van der Waals surface area contributed by atoms with Gasteiger partial charge in [-0.3, -0.25) is 4.79 Å². The van der Waals surface area contributed by atoms with Crippen LogP contribution in [0.15, 0.2) is 24.3 Å². The number of rotatable bonds is 35. The van der Waals surface area contributed by atoms with E-state index >= 15 is 0 Å². The third kappa shape index (κ3) is 32.6. The molecule has 0 spiro atoms. The minimum atomic E-state index is -0.930.